The molecule has 0 radical (unpaired) electrons. The van der Waals surface area contributed by atoms with E-state index in [2.05, 4.69) is 80.2 Å². The molecule has 5 heteroatoms. The van der Waals surface area contributed by atoms with E-state index in [4.69, 9.17) is 16.7 Å². The average molecular weight is 482 g/mol. The highest BCUT2D eigenvalue weighted by Crippen LogP contribution is 2.34. The first kappa shape index (κ1) is 27.8. The fourth-order valence-corrected chi connectivity index (χ4v) is 4.30. The molecule has 0 aliphatic rings. The zero-order chi connectivity index (χ0) is 25.1. The highest BCUT2D eigenvalue weighted by atomic mass is 35.5. The molecule has 0 bridgehead atoms. The van der Waals surface area contributed by atoms with Crippen molar-refractivity contribution in [2.75, 3.05) is 25.5 Å². The standard InChI is InChI=1S/C29H40ClN3O/c1-7-24-18-25(30)10-13-27(24)28(16-20(2)3)21(4)17-29(31-6)22(5)33-26-11-8-23(9-12-26)19-32-14-15-34/h8-13,17-18,20,28,32-34H,5,7,14-16,19H2,1-4,6H3/b21-17+,31-29?. The highest BCUT2D eigenvalue weighted by Gasteiger charge is 2.19. The largest absolute Gasteiger partial charge is 0.395 e. The lowest BCUT2D eigenvalue weighted by Crippen LogP contribution is -2.17. The maximum atomic E-state index is 8.90. The Morgan fingerprint density at radius 2 is 1.88 bits per heavy atom. The number of hydrogen-bond donors (Lipinski definition) is 3. The number of allylic oxidation sites excluding steroid dienone is 2. The van der Waals surface area contributed by atoms with Gasteiger partial charge in [0.2, 0.25) is 0 Å². The molecule has 0 amide bonds. The van der Waals surface area contributed by atoms with Gasteiger partial charge in [-0.15, -0.1) is 0 Å². The van der Waals surface area contributed by atoms with Crippen LogP contribution in [0.4, 0.5) is 5.69 Å². The fraction of sp³-hybridized carbons (Fsp3) is 0.414. The molecule has 4 nitrogen and oxygen atoms in total. The third kappa shape index (κ3) is 8.43. The Bertz CT molecular complexity index is 993. The van der Waals surface area contributed by atoms with Crippen LogP contribution in [0.15, 0.2) is 71.4 Å². The molecule has 2 aromatic carbocycles. The van der Waals surface area contributed by atoms with Crippen LogP contribution in [0.5, 0.6) is 0 Å². The Balaban J connectivity index is 2.21. The van der Waals surface area contributed by atoms with E-state index >= 15 is 0 Å². The maximum absolute atomic E-state index is 8.90. The summed E-state index contributed by atoms with van der Waals surface area (Å²) >= 11 is 6.29. The van der Waals surface area contributed by atoms with E-state index in [1.165, 1.54) is 16.7 Å². The smallest absolute Gasteiger partial charge is 0.0799 e. The van der Waals surface area contributed by atoms with Gasteiger partial charge < -0.3 is 15.7 Å². The molecule has 0 aliphatic heterocycles. The summed E-state index contributed by atoms with van der Waals surface area (Å²) in [6, 6.07) is 14.5. The van der Waals surface area contributed by atoms with Crippen molar-refractivity contribution < 1.29 is 5.11 Å². The van der Waals surface area contributed by atoms with Crippen LogP contribution >= 0.6 is 11.6 Å². The number of aliphatic hydroxyl groups excluding tert-OH is 1. The second-order valence-electron chi connectivity index (χ2n) is 9.08. The van der Waals surface area contributed by atoms with E-state index in [1.807, 2.05) is 18.2 Å². The van der Waals surface area contributed by atoms with Gasteiger partial charge in [0.25, 0.3) is 0 Å². The van der Waals surface area contributed by atoms with Crippen LogP contribution in [0.25, 0.3) is 0 Å². The van der Waals surface area contributed by atoms with Crippen molar-refractivity contribution in [3.05, 3.63) is 88.1 Å². The Kier molecular flexibility index (Phi) is 11.5. The molecule has 3 N–H and O–H groups in total. The minimum absolute atomic E-state index is 0.140. The number of halogens is 1. The number of benzene rings is 2. The van der Waals surface area contributed by atoms with Crippen molar-refractivity contribution >= 4 is 23.0 Å². The molecule has 0 saturated carbocycles. The molecule has 0 aliphatic carbocycles. The van der Waals surface area contributed by atoms with Crippen molar-refractivity contribution in [3.63, 3.8) is 0 Å². The fourth-order valence-electron chi connectivity index (χ4n) is 4.11. The monoisotopic (exact) mass is 481 g/mol. The van der Waals surface area contributed by atoms with Gasteiger partial charge in [0.1, 0.15) is 0 Å². The van der Waals surface area contributed by atoms with Gasteiger partial charge in [-0.05, 0) is 72.7 Å². The maximum Gasteiger partial charge on any atom is 0.0799 e. The molecule has 0 aromatic heterocycles. The summed E-state index contributed by atoms with van der Waals surface area (Å²) in [5, 5.41) is 16.3. The number of rotatable bonds is 13. The lowest BCUT2D eigenvalue weighted by molar-refractivity contribution is 0.292. The van der Waals surface area contributed by atoms with E-state index in [0.717, 1.165) is 47.1 Å². The molecular formula is C29H40ClN3O. The van der Waals surface area contributed by atoms with Crippen molar-refractivity contribution in [1.29, 1.82) is 0 Å². The second kappa shape index (κ2) is 14.1. The lowest BCUT2D eigenvalue weighted by Gasteiger charge is -2.24. The summed E-state index contributed by atoms with van der Waals surface area (Å²) in [6.07, 6.45) is 4.16. The van der Waals surface area contributed by atoms with Crippen molar-refractivity contribution in [2.24, 2.45) is 10.9 Å². The van der Waals surface area contributed by atoms with Crippen molar-refractivity contribution in [2.45, 2.75) is 53.0 Å². The summed E-state index contributed by atoms with van der Waals surface area (Å²) in [5.74, 6) is 0.852. The average Bonchev–Trinajstić information content (AvgIpc) is 2.82. The van der Waals surface area contributed by atoms with Crippen molar-refractivity contribution in [3.8, 4) is 0 Å². The number of anilines is 1. The van der Waals surface area contributed by atoms with Gasteiger partial charge in [0, 0.05) is 36.8 Å². The van der Waals surface area contributed by atoms with Crippen LogP contribution in [0.3, 0.4) is 0 Å². The van der Waals surface area contributed by atoms with Crippen molar-refractivity contribution in [1.82, 2.24) is 5.32 Å². The number of aliphatic imine (C=N–C) groups is 1. The van der Waals surface area contributed by atoms with Gasteiger partial charge in [-0.1, -0.05) is 62.7 Å². The highest BCUT2D eigenvalue weighted by molar-refractivity contribution is 6.30. The molecule has 0 fully saturated rings. The molecule has 2 aromatic rings. The van der Waals surface area contributed by atoms with E-state index in [0.29, 0.717) is 18.4 Å². The first-order valence-corrected chi connectivity index (χ1v) is 12.5. The van der Waals surface area contributed by atoms with E-state index < -0.39 is 0 Å². The van der Waals surface area contributed by atoms with E-state index in [-0.39, 0.29) is 6.61 Å². The second-order valence-corrected chi connectivity index (χ2v) is 9.51. The number of hydrogen-bond acceptors (Lipinski definition) is 4. The normalized spacial score (nSPS) is 13.3. The first-order chi connectivity index (χ1) is 16.3. The molecule has 0 saturated heterocycles. The Hall–Kier alpha value is -2.40. The number of aryl methyl sites for hydroxylation is 1. The Labute approximate surface area is 210 Å². The molecule has 1 unspecified atom stereocenters. The molecule has 184 valence electrons. The lowest BCUT2D eigenvalue weighted by atomic mass is 9.81. The molecular weight excluding hydrogens is 442 g/mol. The van der Waals surface area contributed by atoms with Gasteiger partial charge in [-0.25, -0.2) is 0 Å². The van der Waals surface area contributed by atoms with Gasteiger partial charge >= 0.3 is 0 Å². The zero-order valence-corrected chi connectivity index (χ0v) is 22.0. The predicted molar refractivity (Wildman–Crippen MR) is 148 cm³/mol. The molecule has 2 rings (SSSR count). The van der Waals surface area contributed by atoms with Gasteiger partial charge in [-0.2, -0.15) is 0 Å². The summed E-state index contributed by atoms with van der Waals surface area (Å²) in [7, 11) is 1.80. The number of nitrogens with one attached hydrogen (secondary N) is 2. The number of aliphatic hydroxyl groups is 1. The zero-order valence-electron chi connectivity index (χ0n) is 21.3. The third-order valence-electron chi connectivity index (χ3n) is 5.90. The van der Waals surface area contributed by atoms with E-state index in [1.54, 1.807) is 7.05 Å². The third-order valence-corrected chi connectivity index (χ3v) is 6.13. The quantitative estimate of drug-likeness (QED) is 0.219. The summed E-state index contributed by atoms with van der Waals surface area (Å²) in [5.41, 5.74) is 7.64. The van der Waals surface area contributed by atoms with Gasteiger partial charge in [0.15, 0.2) is 0 Å². The van der Waals surface area contributed by atoms with Crippen LogP contribution in [-0.2, 0) is 13.0 Å². The SMILES string of the molecule is C=C(Nc1ccc(CNCCO)cc1)C(/C=C(\C)C(CC(C)C)c1ccc(Cl)cc1CC)=NC. The molecule has 0 heterocycles. The van der Waals surface area contributed by atoms with Crippen LogP contribution in [0, 0.1) is 5.92 Å². The van der Waals surface area contributed by atoms with Crippen LogP contribution in [-0.4, -0.2) is 31.0 Å². The van der Waals surface area contributed by atoms with Gasteiger partial charge in [0.05, 0.1) is 18.0 Å². The van der Waals surface area contributed by atoms with Gasteiger partial charge in [-0.3, -0.25) is 4.99 Å². The summed E-state index contributed by atoms with van der Waals surface area (Å²) in [6.45, 7) is 14.6. The number of nitrogens with zero attached hydrogens (tertiary/aromatic N) is 1. The Morgan fingerprint density at radius 1 is 1.18 bits per heavy atom. The minimum Gasteiger partial charge on any atom is -0.395 e. The first-order valence-electron chi connectivity index (χ1n) is 12.1. The molecule has 0 spiro atoms. The summed E-state index contributed by atoms with van der Waals surface area (Å²) in [4.78, 5) is 4.53. The topological polar surface area (TPSA) is 56.6 Å². The van der Waals surface area contributed by atoms with E-state index in [9.17, 15) is 0 Å². The summed E-state index contributed by atoms with van der Waals surface area (Å²) < 4.78 is 0. The Morgan fingerprint density at radius 3 is 2.47 bits per heavy atom. The minimum atomic E-state index is 0.140. The van der Waals surface area contributed by atoms with Crippen LogP contribution < -0.4 is 10.6 Å². The molecule has 34 heavy (non-hydrogen) atoms. The predicted octanol–water partition coefficient (Wildman–Crippen LogP) is 6.76. The van der Waals surface area contributed by atoms with Crippen LogP contribution in [0.1, 0.15) is 56.7 Å². The van der Waals surface area contributed by atoms with Crippen LogP contribution in [0.2, 0.25) is 5.02 Å². The molecule has 1 atom stereocenters.